The highest BCUT2D eigenvalue weighted by Gasteiger charge is 2.42. The predicted octanol–water partition coefficient (Wildman–Crippen LogP) is 3.55. The van der Waals surface area contributed by atoms with Gasteiger partial charge >= 0.3 is 0 Å². The second-order valence-corrected chi connectivity index (χ2v) is 22.4. The first-order chi connectivity index (χ1) is 36.0. The first-order valence-corrected chi connectivity index (χ1v) is 26.9. The van der Waals surface area contributed by atoms with Gasteiger partial charge in [-0.25, -0.2) is 0 Å². The number of hydrogen-bond donors (Lipinski definition) is 6. The molecule has 3 aromatic carbocycles. The first-order valence-electron chi connectivity index (χ1n) is 26.9. The highest BCUT2D eigenvalue weighted by molar-refractivity contribution is 6.01. The highest BCUT2D eigenvalue weighted by atomic mass is 16.2. The first kappa shape index (κ1) is 60.2. The van der Waals surface area contributed by atoms with Crippen molar-refractivity contribution in [2.75, 3.05) is 66.5 Å². The Balaban J connectivity index is 1.25. The summed E-state index contributed by atoms with van der Waals surface area (Å²) >= 11 is 0. The zero-order valence-corrected chi connectivity index (χ0v) is 46.5. The van der Waals surface area contributed by atoms with Crippen molar-refractivity contribution in [3.8, 4) is 0 Å². The van der Waals surface area contributed by atoms with Crippen LogP contribution in [-0.4, -0.2) is 170 Å². The Hall–Kier alpha value is -6.66. The van der Waals surface area contributed by atoms with Crippen LogP contribution in [0.1, 0.15) is 113 Å². The van der Waals surface area contributed by atoms with E-state index in [1.165, 1.54) is 18.2 Å². The molecule has 5 rings (SSSR count). The standard InChI is InChI=1S/C58H84N10O8/c1-39(59-9)51(71)63-49(57(3,4)5)55(75)67-30-18-26-45(67)37-65(32-28-41-20-13-11-14-21-41)47(69)35-61-53(73)43-24-17-25-44(34-43)54(74)62-36-48(70)66(33-29-42-22-15-12-16-23-42)38-46-27-19-31-68(46)56(76)50(58(6,7)8)64-52(72)40(2)60-10/h11-17,20-25,34,39-40,45-46,49-50,59-60H,18-19,26-33,35-38H2,1-10H3,(H,61,73)(H,62,74)(H,63,71)(H,64,72)/t39-,40-,45-,46?,49+,50+/m0/s1. The summed E-state index contributed by atoms with van der Waals surface area (Å²) in [5.74, 6) is -2.83. The molecule has 8 amide bonds. The average Bonchev–Trinajstić information content (AvgIpc) is 4.09. The van der Waals surface area contributed by atoms with Crippen LogP contribution in [0.3, 0.4) is 0 Å². The molecule has 2 aliphatic heterocycles. The topological polar surface area (TPSA) is 222 Å². The Morgan fingerprint density at radius 1 is 0.553 bits per heavy atom. The third-order valence-corrected chi connectivity index (χ3v) is 14.6. The molecular formula is C58H84N10O8. The van der Waals surface area contributed by atoms with Crippen molar-refractivity contribution in [1.82, 2.24) is 51.5 Å². The van der Waals surface area contributed by atoms with Crippen LogP contribution in [-0.2, 0) is 41.6 Å². The number of nitrogens with one attached hydrogen (secondary N) is 6. The van der Waals surface area contributed by atoms with Gasteiger partial charge in [-0.15, -0.1) is 0 Å². The van der Waals surface area contributed by atoms with E-state index in [4.69, 9.17) is 0 Å². The Morgan fingerprint density at radius 3 is 1.26 bits per heavy atom. The Bertz CT molecular complexity index is 2290. The molecule has 0 saturated carbocycles. The van der Waals surface area contributed by atoms with E-state index in [2.05, 4.69) is 31.9 Å². The maximum atomic E-state index is 14.3. The summed E-state index contributed by atoms with van der Waals surface area (Å²) in [6, 6.07) is 22.3. The van der Waals surface area contributed by atoms with Crippen LogP contribution in [0, 0.1) is 10.8 Å². The molecular weight excluding hydrogens is 965 g/mol. The molecule has 76 heavy (non-hydrogen) atoms. The molecule has 6 atom stereocenters. The molecule has 0 aromatic heterocycles. The number of likely N-dealkylation sites (N-methyl/N-ethyl adjacent to an activating group) is 2. The largest absolute Gasteiger partial charge is 0.343 e. The molecule has 0 spiro atoms. The summed E-state index contributed by atoms with van der Waals surface area (Å²) in [5.41, 5.74) is 1.14. The normalized spacial score (nSPS) is 17.2. The fourth-order valence-electron chi connectivity index (χ4n) is 9.56. The number of hydrogen-bond acceptors (Lipinski definition) is 10. The smallest absolute Gasteiger partial charge is 0.251 e. The summed E-state index contributed by atoms with van der Waals surface area (Å²) in [4.78, 5) is 117. The van der Waals surface area contributed by atoms with Gasteiger partial charge in [0.05, 0.1) is 25.2 Å². The SMILES string of the molecule is CN[C@@H](C)C(=O)N[C@H](C(=O)N1CCCC1CN(CCc1ccccc1)C(=O)CNC(=O)c1cccc(C(=O)NCC(=O)N(CCc2ccccc2)C[C@@H]2CCCN2C(=O)[C@@H](NC(=O)[C@H](C)NC)C(C)(C)C)c1)C(C)(C)C. The van der Waals surface area contributed by atoms with E-state index < -0.39 is 46.8 Å². The molecule has 2 heterocycles. The number of amides is 8. The van der Waals surface area contributed by atoms with Gasteiger partial charge in [-0.05, 0) is 107 Å². The van der Waals surface area contributed by atoms with E-state index in [9.17, 15) is 38.4 Å². The number of carbonyl (C=O) groups is 8. The Kier molecular flexibility index (Phi) is 22.1. The maximum absolute atomic E-state index is 14.3. The van der Waals surface area contributed by atoms with Crippen LogP contribution < -0.4 is 31.9 Å². The fourth-order valence-corrected chi connectivity index (χ4v) is 9.56. The maximum Gasteiger partial charge on any atom is 0.251 e. The van der Waals surface area contributed by atoms with Gasteiger partial charge in [0.1, 0.15) is 12.1 Å². The minimum absolute atomic E-state index is 0.138. The lowest BCUT2D eigenvalue weighted by Gasteiger charge is -2.37. The quantitative estimate of drug-likeness (QED) is 0.0767. The van der Waals surface area contributed by atoms with E-state index in [1.54, 1.807) is 53.6 Å². The van der Waals surface area contributed by atoms with Crippen molar-refractivity contribution in [2.45, 2.75) is 130 Å². The van der Waals surface area contributed by atoms with Gasteiger partial charge in [-0.3, -0.25) is 38.4 Å². The molecule has 2 saturated heterocycles. The molecule has 0 bridgehead atoms. The number of benzene rings is 3. The Labute approximate surface area is 450 Å². The van der Waals surface area contributed by atoms with Gasteiger partial charge in [0.15, 0.2) is 0 Å². The van der Waals surface area contributed by atoms with Crippen LogP contribution in [0.15, 0.2) is 84.9 Å². The number of rotatable bonds is 24. The van der Waals surface area contributed by atoms with Gasteiger partial charge in [0.25, 0.3) is 11.8 Å². The minimum atomic E-state index is -0.795. The van der Waals surface area contributed by atoms with Crippen LogP contribution >= 0.6 is 0 Å². The molecule has 3 aromatic rings. The molecule has 414 valence electrons. The van der Waals surface area contributed by atoms with Crippen LogP contribution in [0.2, 0.25) is 0 Å². The molecule has 18 nitrogen and oxygen atoms in total. The summed E-state index contributed by atoms with van der Waals surface area (Å²) in [5, 5.41) is 17.3. The van der Waals surface area contributed by atoms with E-state index in [0.29, 0.717) is 51.9 Å². The van der Waals surface area contributed by atoms with Crippen LogP contribution in [0.4, 0.5) is 0 Å². The zero-order chi connectivity index (χ0) is 55.7. The van der Waals surface area contributed by atoms with Gasteiger partial charge < -0.3 is 51.5 Å². The van der Waals surface area contributed by atoms with Gasteiger partial charge in [0.2, 0.25) is 35.4 Å². The van der Waals surface area contributed by atoms with E-state index >= 15 is 0 Å². The summed E-state index contributed by atoms with van der Waals surface area (Å²) < 4.78 is 0. The average molecular weight is 1050 g/mol. The van der Waals surface area contributed by atoms with Crippen molar-refractivity contribution in [2.24, 2.45) is 10.8 Å². The van der Waals surface area contributed by atoms with Crippen molar-refractivity contribution in [3.63, 3.8) is 0 Å². The highest BCUT2D eigenvalue weighted by Crippen LogP contribution is 2.28. The molecule has 0 aliphatic carbocycles. The van der Waals surface area contributed by atoms with Crippen LogP contribution in [0.5, 0.6) is 0 Å². The third kappa shape index (κ3) is 17.2. The molecule has 0 radical (unpaired) electrons. The van der Waals surface area contributed by atoms with Crippen molar-refractivity contribution < 1.29 is 38.4 Å². The van der Waals surface area contributed by atoms with Gasteiger partial charge in [0, 0.05) is 62.5 Å². The zero-order valence-electron chi connectivity index (χ0n) is 46.5. The molecule has 18 heteroatoms. The lowest BCUT2D eigenvalue weighted by Crippen LogP contribution is -2.59. The molecule has 6 N–H and O–H groups in total. The van der Waals surface area contributed by atoms with E-state index in [-0.39, 0.29) is 84.8 Å². The molecule has 1 unspecified atom stereocenters. The molecule has 2 fully saturated rings. The summed E-state index contributed by atoms with van der Waals surface area (Å²) in [6.07, 6.45) is 3.87. The lowest BCUT2D eigenvalue weighted by molar-refractivity contribution is -0.142. The van der Waals surface area contributed by atoms with Crippen molar-refractivity contribution in [3.05, 3.63) is 107 Å². The lowest BCUT2D eigenvalue weighted by atomic mass is 9.85. The number of likely N-dealkylation sites (tertiary alicyclic amines) is 2. The summed E-state index contributed by atoms with van der Waals surface area (Å²) in [6.45, 7) is 16.3. The third-order valence-electron chi connectivity index (χ3n) is 14.6. The number of carbonyl (C=O) groups excluding carboxylic acids is 8. The fraction of sp³-hybridized carbons (Fsp3) is 0.552. The minimum Gasteiger partial charge on any atom is -0.343 e. The van der Waals surface area contributed by atoms with Gasteiger partial charge in [-0.1, -0.05) is 108 Å². The van der Waals surface area contributed by atoms with Crippen LogP contribution in [0.25, 0.3) is 0 Å². The van der Waals surface area contributed by atoms with Gasteiger partial charge in [-0.2, -0.15) is 0 Å². The van der Waals surface area contributed by atoms with Crippen molar-refractivity contribution >= 4 is 47.3 Å². The number of nitrogens with zero attached hydrogens (tertiary/aromatic N) is 4. The second-order valence-electron chi connectivity index (χ2n) is 22.4. The summed E-state index contributed by atoms with van der Waals surface area (Å²) in [7, 11) is 3.37. The monoisotopic (exact) mass is 1050 g/mol. The second kappa shape index (κ2) is 27.9. The Morgan fingerprint density at radius 2 is 0.921 bits per heavy atom. The van der Waals surface area contributed by atoms with E-state index in [1.807, 2.05) is 102 Å². The van der Waals surface area contributed by atoms with Crippen molar-refractivity contribution in [1.29, 1.82) is 0 Å². The molecule has 2 aliphatic rings. The predicted molar refractivity (Wildman–Crippen MR) is 294 cm³/mol. The van der Waals surface area contributed by atoms with E-state index in [0.717, 1.165) is 24.0 Å².